The molecule has 6 heteroatoms. The standard InChI is InChI=1S/C19H18N2O4/c1-12(22)13-6-5-7-14(10-13)20-15-11-18(23)21(19(15)24)16-8-3-4-9-17(16)25-2/h3-10,15,20H,11H2,1-2H3/t15-/m0/s1. The van der Waals surface area contributed by atoms with Gasteiger partial charge in [-0.05, 0) is 31.2 Å². The van der Waals surface area contributed by atoms with Crippen molar-refractivity contribution in [2.45, 2.75) is 19.4 Å². The number of nitrogens with zero attached hydrogens (tertiary/aromatic N) is 1. The van der Waals surface area contributed by atoms with Crippen LogP contribution in [0.5, 0.6) is 5.75 Å². The molecule has 2 amide bonds. The summed E-state index contributed by atoms with van der Waals surface area (Å²) in [6.07, 6.45) is 0.0428. The average Bonchev–Trinajstić information content (AvgIpc) is 2.88. The molecule has 2 aromatic rings. The molecule has 1 aliphatic heterocycles. The van der Waals surface area contributed by atoms with E-state index in [0.29, 0.717) is 22.7 Å². The maximum absolute atomic E-state index is 12.7. The number of ketones is 1. The third-order valence-electron chi connectivity index (χ3n) is 4.08. The fraction of sp³-hybridized carbons (Fsp3) is 0.211. The van der Waals surface area contributed by atoms with Crippen LogP contribution in [-0.4, -0.2) is 30.7 Å². The third-order valence-corrected chi connectivity index (χ3v) is 4.08. The second-order valence-corrected chi connectivity index (χ2v) is 5.78. The fourth-order valence-corrected chi connectivity index (χ4v) is 2.84. The molecule has 1 aliphatic rings. The number of ether oxygens (including phenoxy) is 1. The Labute approximate surface area is 145 Å². The molecule has 1 N–H and O–H groups in total. The van der Waals surface area contributed by atoms with E-state index < -0.39 is 6.04 Å². The van der Waals surface area contributed by atoms with Crippen molar-refractivity contribution in [1.82, 2.24) is 0 Å². The number of anilines is 2. The minimum atomic E-state index is -0.681. The van der Waals surface area contributed by atoms with Gasteiger partial charge in [-0.15, -0.1) is 0 Å². The zero-order valence-corrected chi connectivity index (χ0v) is 14.0. The number of benzene rings is 2. The van der Waals surface area contributed by atoms with Crippen molar-refractivity contribution in [3.05, 3.63) is 54.1 Å². The Morgan fingerprint density at radius 1 is 1.16 bits per heavy atom. The number of hydrogen-bond donors (Lipinski definition) is 1. The van der Waals surface area contributed by atoms with Gasteiger partial charge >= 0.3 is 0 Å². The molecular weight excluding hydrogens is 320 g/mol. The number of rotatable bonds is 5. The predicted octanol–water partition coefficient (Wildman–Crippen LogP) is 2.64. The quantitative estimate of drug-likeness (QED) is 0.670. The minimum absolute atomic E-state index is 0.0428. The van der Waals surface area contributed by atoms with Gasteiger partial charge in [0.2, 0.25) is 5.91 Å². The largest absolute Gasteiger partial charge is 0.495 e. The lowest BCUT2D eigenvalue weighted by Crippen LogP contribution is -2.35. The maximum atomic E-state index is 12.7. The van der Waals surface area contributed by atoms with Gasteiger partial charge in [0.15, 0.2) is 5.78 Å². The Hall–Kier alpha value is -3.15. The lowest BCUT2D eigenvalue weighted by Gasteiger charge is -2.18. The van der Waals surface area contributed by atoms with E-state index in [2.05, 4.69) is 5.32 Å². The minimum Gasteiger partial charge on any atom is -0.495 e. The summed E-state index contributed by atoms with van der Waals surface area (Å²) in [5, 5.41) is 3.05. The smallest absolute Gasteiger partial charge is 0.256 e. The summed E-state index contributed by atoms with van der Waals surface area (Å²) in [6.45, 7) is 1.48. The Morgan fingerprint density at radius 2 is 1.92 bits per heavy atom. The van der Waals surface area contributed by atoms with Gasteiger partial charge < -0.3 is 10.1 Å². The van der Waals surface area contributed by atoms with Gasteiger partial charge in [0.05, 0.1) is 19.2 Å². The van der Waals surface area contributed by atoms with Crippen LogP contribution in [0.4, 0.5) is 11.4 Å². The highest BCUT2D eigenvalue weighted by atomic mass is 16.5. The van der Waals surface area contributed by atoms with E-state index in [4.69, 9.17) is 4.74 Å². The Morgan fingerprint density at radius 3 is 2.64 bits per heavy atom. The molecule has 0 bridgehead atoms. The predicted molar refractivity (Wildman–Crippen MR) is 94.0 cm³/mol. The number of amides is 2. The van der Waals surface area contributed by atoms with Crippen molar-refractivity contribution in [2.24, 2.45) is 0 Å². The molecule has 0 saturated carbocycles. The van der Waals surface area contributed by atoms with Crippen LogP contribution >= 0.6 is 0 Å². The van der Waals surface area contributed by atoms with Crippen LogP contribution in [0.25, 0.3) is 0 Å². The van der Waals surface area contributed by atoms with Crippen molar-refractivity contribution >= 4 is 29.0 Å². The molecule has 1 heterocycles. The van der Waals surface area contributed by atoms with Crippen LogP contribution in [0.2, 0.25) is 0 Å². The van der Waals surface area contributed by atoms with Gasteiger partial charge in [0.1, 0.15) is 11.8 Å². The maximum Gasteiger partial charge on any atom is 0.256 e. The van der Waals surface area contributed by atoms with E-state index in [1.165, 1.54) is 14.0 Å². The number of nitrogens with one attached hydrogen (secondary N) is 1. The lowest BCUT2D eigenvalue weighted by molar-refractivity contribution is -0.121. The van der Waals surface area contributed by atoms with E-state index in [1.807, 2.05) is 0 Å². The summed E-state index contributed by atoms with van der Waals surface area (Å²) in [4.78, 5) is 37.7. The van der Waals surface area contributed by atoms with E-state index >= 15 is 0 Å². The highest BCUT2D eigenvalue weighted by molar-refractivity contribution is 6.23. The van der Waals surface area contributed by atoms with Crippen LogP contribution < -0.4 is 15.0 Å². The van der Waals surface area contributed by atoms with Gasteiger partial charge in [0.25, 0.3) is 5.91 Å². The van der Waals surface area contributed by atoms with Gasteiger partial charge in [0, 0.05) is 11.3 Å². The Balaban J connectivity index is 1.84. The van der Waals surface area contributed by atoms with Crippen LogP contribution in [-0.2, 0) is 9.59 Å². The number of imide groups is 1. The van der Waals surface area contributed by atoms with Gasteiger partial charge in [-0.25, -0.2) is 4.90 Å². The SMILES string of the molecule is COc1ccccc1N1C(=O)C[C@H](Nc2cccc(C(C)=O)c2)C1=O. The summed E-state index contributed by atoms with van der Waals surface area (Å²) in [7, 11) is 1.49. The molecule has 2 aromatic carbocycles. The average molecular weight is 338 g/mol. The molecule has 128 valence electrons. The lowest BCUT2D eigenvalue weighted by atomic mass is 10.1. The summed E-state index contributed by atoms with van der Waals surface area (Å²) in [5.74, 6) is -0.242. The fourth-order valence-electron chi connectivity index (χ4n) is 2.84. The third kappa shape index (κ3) is 3.24. The summed E-state index contributed by atoms with van der Waals surface area (Å²) < 4.78 is 5.25. The topological polar surface area (TPSA) is 75.7 Å². The van der Waals surface area contributed by atoms with Crippen molar-refractivity contribution in [1.29, 1.82) is 0 Å². The number of carbonyl (C=O) groups is 3. The monoisotopic (exact) mass is 338 g/mol. The molecule has 0 unspecified atom stereocenters. The van der Waals surface area contributed by atoms with Crippen LogP contribution in [0.15, 0.2) is 48.5 Å². The second kappa shape index (κ2) is 6.76. The molecule has 0 aliphatic carbocycles. The van der Waals surface area contributed by atoms with E-state index in [9.17, 15) is 14.4 Å². The first-order valence-corrected chi connectivity index (χ1v) is 7.88. The van der Waals surface area contributed by atoms with Crippen LogP contribution in [0.3, 0.4) is 0 Å². The van der Waals surface area contributed by atoms with Gasteiger partial charge in [-0.1, -0.05) is 24.3 Å². The van der Waals surface area contributed by atoms with Gasteiger partial charge in [-0.3, -0.25) is 14.4 Å². The molecular formula is C19H18N2O4. The van der Waals surface area contributed by atoms with Crippen molar-refractivity contribution in [2.75, 3.05) is 17.3 Å². The van der Waals surface area contributed by atoms with Crippen molar-refractivity contribution in [3.63, 3.8) is 0 Å². The highest BCUT2D eigenvalue weighted by Crippen LogP contribution is 2.32. The Kier molecular flexibility index (Phi) is 4.52. The highest BCUT2D eigenvalue weighted by Gasteiger charge is 2.40. The molecule has 1 saturated heterocycles. The van der Waals surface area contributed by atoms with E-state index in [-0.39, 0.29) is 24.0 Å². The summed E-state index contributed by atoms with van der Waals surface area (Å²) in [5.41, 5.74) is 1.60. The first-order chi connectivity index (χ1) is 12.0. The number of Topliss-reactive ketones (excluding diaryl/α,β-unsaturated/α-hetero) is 1. The first-order valence-electron chi connectivity index (χ1n) is 7.88. The number of carbonyl (C=O) groups excluding carboxylic acids is 3. The molecule has 3 rings (SSSR count). The van der Waals surface area contributed by atoms with Crippen LogP contribution in [0, 0.1) is 0 Å². The molecule has 0 radical (unpaired) electrons. The number of hydrogen-bond acceptors (Lipinski definition) is 5. The Bertz CT molecular complexity index is 847. The molecule has 1 fully saturated rings. The summed E-state index contributed by atoms with van der Waals surface area (Å²) >= 11 is 0. The van der Waals surface area contributed by atoms with E-state index in [0.717, 1.165) is 4.90 Å². The molecule has 6 nitrogen and oxygen atoms in total. The zero-order valence-electron chi connectivity index (χ0n) is 14.0. The van der Waals surface area contributed by atoms with Gasteiger partial charge in [-0.2, -0.15) is 0 Å². The molecule has 1 atom stereocenters. The normalized spacial score (nSPS) is 16.9. The zero-order chi connectivity index (χ0) is 18.0. The molecule has 0 spiro atoms. The van der Waals surface area contributed by atoms with E-state index in [1.54, 1.807) is 48.5 Å². The van der Waals surface area contributed by atoms with Crippen molar-refractivity contribution in [3.8, 4) is 5.75 Å². The van der Waals surface area contributed by atoms with Crippen molar-refractivity contribution < 1.29 is 19.1 Å². The second-order valence-electron chi connectivity index (χ2n) is 5.78. The molecule has 25 heavy (non-hydrogen) atoms. The number of para-hydroxylation sites is 2. The van der Waals surface area contributed by atoms with Crippen LogP contribution in [0.1, 0.15) is 23.7 Å². The summed E-state index contributed by atoms with van der Waals surface area (Å²) in [6, 6.07) is 13.1. The molecule has 0 aromatic heterocycles. The first kappa shape index (κ1) is 16.7. The number of methoxy groups -OCH3 is 1.